The zero-order valence-electron chi connectivity index (χ0n) is 11.0. The van der Waals surface area contributed by atoms with Crippen LogP contribution in [0.15, 0.2) is 35.3 Å². The third-order valence-corrected chi connectivity index (χ3v) is 4.37. The van der Waals surface area contributed by atoms with Gasteiger partial charge in [0.25, 0.3) is 5.91 Å². The van der Waals surface area contributed by atoms with E-state index >= 15 is 0 Å². The number of amides is 1. The van der Waals surface area contributed by atoms with Crippen molar-refractivity contribution in [2.45, 2.75) is 31.2 Å². The number of carboxylic acids is 1. The third kappa shape index (κ3) is 2.93. The molecule has 1 fully saturated rings. The molecule has 4 nitrogen and oxygen atoms in total. The number of benzene rings is 1. The van der Waals surface area contributed by atoms with Crippen molar-refractivity contribution < 1.29 is 14.7 Å². The fourth-order valence-electron chi connectivity index (χ4n) is 2.51. The number of carbonyl (C=O) groups excluding carboxylic acids is 1. The van der Waals surface area contributed by atoms with Gasteiger partial charge in [-0.3, -0.25) is 4.79 Å². The molecule has 0 unspecified atom stereocenters. The Kier molecular flexibility index (Phi) is 4.28. The van der Waals surface area contributed by atoms with E-state index in [9.17, 15) is 9.59 Å². The molecular formula is C15H16BrNO3. The Bertz CT molecular complexity index is 562. The summed E-state index contributed by atoms with van der Waals surface area (Å²) in [5.41, 5.74) is 0.255. The number of aromatic carboxylic acids is 1. The summed E-state index contributed by atoms with van der Waals surface area (Å²) in [5.74, 6) is -1.23. The maximum atomic E-state index is 12.3. The lowest BCUT2D eigenvalue weighted by atomic mass is 9.97. The highest BCUT2D eigenvalue weighted by Crippen LogP contribution is 2.31. The first-order valence-electron chi connectivity index (χ1n) is 6.46. The second kappa shape index (κ2) is 5.79. The molecule has 0 saturated heterocycles. The van der Waals surface area contributed by atoms with Gasteiger partial charge in [0, 0.05) is 10.0 Å². The van der Waals surface area contributed by atoms with Gasteiger partial charge in [-0.15, -0.1) is 6.58 Å². The van der Waals surface area contributed by atoms with Gasteiger partial charge < -0.3 is 10.4 Å². The molecule has 1 amide bonds. The molecule has 2 rings (SSSR count). The summed E-state index contributed by atoms with van der Waals surface area (Å²) in [6, 6.07) is 4.48. The molecule has 106 valence electrons. The minimum Gasteiger partial charge on any atom is -0.478 e. The summed E-state index contributed by atoms with van der Waals surface area (Å²) >= 11 is 3.18. The Morgan fingerprint density at radius 2 is 2.00 bits per heavy atom. The van der Waals surface area contributed by atoms with Gasteiger partial charge in [-0.1, -0.05) is 18.9 Å². The molecule has 0 heterocycles. The van der Waals surface area contributed by atoms with Gasteiger partial charge in [0.05, 0.1) is 11.1 Å². The van der Waals surface area contributed by atoms with E-state index in [0.29, 0.717) is 10.0 Å². The zero-order valence-corrected chi connectivity index (χ0v) is 12.6. The molecule has 0 aromatic heterocycles. The molecule has 0 bridgehead atoms. The van der Waals surface area contributed by atoms with Crippen molar-refractivity contribution in [1.29, 1.82) is 0 Å². The smallest absolute Gasteiger partial charge is 0.336 e. The molecule has 5 heteroatoms. The van der Waals surface area contributed by atoms with Crippen molar-refractivity contribution in [3.8, 4) is 0 Å². The topological polar surface area (TPSA) is 66.4 Å². The first kappa shape index (κ1) is 14.8. The average molecular weight is 338 g/mol. The number of rotatable bonds is 4. The quantitative estimate of drug-likeness (QED) is 0.827. The van der Waals surface area contributed by atoms with Crippen molar-refractivity contribution >= 4 is 27.8 Å². The van der Waals surface area contributed by atoms with Crippen LogP contribution in [0, 0.1) is 0 Å². The van der Waals surface area contributed by atoms with E-state index in [2.05, 4.69) is 27.8 Å². The molecule has 0 spiro atoms. The number of hydrogen-bond donors (Lipinski definition) is 2. The van der Waals surface area contributed by atoms with Crippen LogP contribution in [0.2, 0.25) is 0 Å². The number of halogens is 1. The largest absolute Gasteiger partial charge is 0.478 e. The molecule has 2 N–H and O–H groups in total. The van der Waals surface area contributed by atoms with Crippen LogP contribution in [0.3, 0.4) is 0 Å². The highest BCUT2D eigenvalue weighted by molar-refractivity contribution is 9.10. The van der Waals surface area contributed by atoms with Crippen LogP contribution in [0.5, 0.6) is 0 Å². The van der Waals surface area contributed by atoms with Gasteiger partial charge in [-0.05, 0) is 47.0 Å². The minimum absolute atomic E-state index is 0.140. The summed E-state index contributed by atoms with van der Waals surface area (Å²) in [7, 11) is 0. The minimum atomic E-state index is -1.03. The van der Waals surface area contributed by atoms with Crippen molar-refractivity contribution in [3.05, 3.63) is 46.5 Å². The SMILES string of the molecule is C=CC1(NC(=O)c2ccc(C(=O)O)c(Br)c2)CCCC1. The van der Waals surface area contributed by atoms with Gasteiger partial charge in [0.2, 0.25) is 0 Å². The normalized spacial score (nSPS) is 16.6. The first-order valence-corrected chi connectivity index (χ1v) is 7.26. The Morgan fingerprint density at radius 1 is 1.35 bits per heavy atom. The van der Waals surface area contributed by atoms with E-state index in [0.717, 1.165) is 25.7 Å². The summed E-state index contributed by atoms with van der Waals surface area (Å²) < 4.78 is 0.400. The molecule has 1 aliphatic rings. The molecular weight excluding hydrogens is 322 g/mol. The number of carboxylic acid groups (broad SMARTS) is 1. The van der Waals surface area contributed by atoms with Crippen molar-refractivity contribution in [2.75, 3.05) is 0 Å². The van der Waals surface area contributed by atoms with Crippen LogP contribution in [0.4, 0.5) is 0 Å². The molecule has 0 radical (unpaired) electrons. The van der Waals surface area contributed by atoms with Crippen molar-refractivity contribution in [3.63, 3.8) is 0 Å². The summed E-state index contributed by atoms with van der Waals surface area (Å²) in [6.07, 6.45) is 5.76. The molecule has 1 saturated carbocycles. The van der Waals surface area contributed by atoms with E-state index in [-0.39, 0.29) is 17.0 Å². The van der Waals surface area contributed by atoms with Crippen molar-refractivity contribution in [1.82, 2.24) is 5.32 Å². The monoisotopic (exact) mass is 337 g/mol. The van der Waals surface area contributed by atoms with Crippen molar-refractivity contribution in [2.24, 2.45) is 0 Å². The predicted octanol–water partition coefficient (Wildman–Crippen LogP) is 3.38. The van der Waals surface area contributed by atoms with Gasteiger partial charge in [0.15, 0.2) is 0 Å². The molecule has 1 aromatic rings. The van der Waals surface area contributed by atoms with Crippen LogP contribution >= 0.6 is 15.9 Å². The molecule has 1 aromatic carbocycles. The maximum absolute atomic E-state index is 12.3. The van der Waals surface area contributed by atoms with E-state index in [1.165, 1.54) is 18.2 Å². The Morgan fingerprint density at radius 3 is 2.50 bits per heavy atom. The van der Waals surface area contributed by atoms with Crippen LogP contribution < -0.4 is 5.32 Å². The molecule has 1 aliphatic carbocycles. The Hall–Kier alpha value is -1.62. The van der Waals surface area contributed by atoms with Crippen LogP contribution in [0.25, 0.3) is 0 Å². The fraction of sp³-hybridized carbons (Fsp3) is 0.333. The van der Waals surface area contributed by atoms with E-state index in [1.807, 2.05) is 0 Å². The standard InChI is InChI=1S/C15H16BrNO3/c1-2-15(7-3-4-8-15)17-13(18)10-5-6-11(14(19)20)12(16)9-10/h2,5-6,9H,1,3-4,7-8H2,(H,17,18)(H,19,20). The first-order chi connectivity index (χ1) is 9.47. The third-order valence-electron chi connectivity index (χ3n) is 3.71. The molecule has 0 atom stereocenters. The molecule has 0 aliphatic heterocycles. The highest BCUT2D eigenvalue weighted by Gasteiger charge is 2.32. The lowest BCUT2D eigenvalue weighted by Crippen LogP contribution is -2.44. The number of nitrogens with one attached hydrogen (secondary N) is 1. The van der Waals surface area contributed by atoms with Gasteiger partial charge in [-0.25, -0.2) is 4.79 Å². The zero-order chi connectivity index (χ0) is 14.8. The lowest BCUT2D eigenvalue weighted by molar-refractivity contribution is 0.0695. The van der Waals surface area contributed by atoms with Crippen LogP contribution in [-0.2, 0) is 0 Å². The lowest BCUT2D eigenvalue weighted by Gasteiger charge is -2.26. The number of carbonyl (C=O) groups is 2. The van der Waals surface area contributed by atoms with E-state index in [4.69, 9.17) is 5.11 Å². The highest BCUT2D eigenvalue weighted by atomic mass is 79.9. The summed E-state index contributed by atoms with van der Waals surface area (Å²) in [4.78, 5) is 23.2. The maximum Gasteiger partial charge on any atom is 0.336 e. The van der Waals surface area contributed by atoms with Gasteiger partial charge in [0.1, 0.15) is 0 Å². The van der Waals surface area contributed by atoms with E-state index in [1.54, 1.807) is 6.08 Å². The Balaban J connectivity index is 2.19. The van der Waals surface area contributed by atoms with Crippen LogP contribution in [0.1, 0.15) is 46.4 Å². The second-order valence-corrected chi connectivity index (χ2v) is 5.88. The number of hydrogen-bond acceptors (Lipinski definition) is 2. The summed E-state index contributed by atoms with van der Waals surface area (Å²) in [6.45, 7) is 3.81. The average Bonchev–Trinajstić information content (AvgIpc) is 2.87. The predicted molar refractivity (Wildman–Crippen MR) is 80.0 cm³/mol. The van der Waals surface area contributed by atoms with Gasteiger partial charge >= 0.3 is 5.97 Å². The summed E-state index contributed by atoms with van der Waals surface area (Å²) in [5, 5.41) is 12.0. The Labute approximate surface area is 126 Å². The molecule has 20 heavy (non-hydrogen) atoms. The fourth-order valence-corrected chi connectivity index (χ4v) is 3.06. The van der Waals surface area contributed by atoms with Gasteiger partial charge in [-0.2, -0.15) is 0 Å². The second-order valence-electron chi connectivity index (χ2n) is 5.02. The van der Waals surface area contributed by atoms with E-state index < -0.39 is 5.97 Å². The van der Waals surface area contributed by atoms with Crippen LogP contribution in [-0.4, -0.2) is 22.5 Å².